The van der Waals surface area contributed by atoms with Crippen LogP contribution in [0.1, 0.15) is 12.5 Å². The van der Waals surface area contributed by atoms with Gasteiger partial charge in [0, 0.05) is 12.6 Å². The van der Waals surface area contributed by atoms with Crippen molar-refractivity contribution >= 4 is 16.5 Å². The van der Waals surface area contributed by atoms with Gasteiger partial charge in [-0.2, -0.15) is 0 Å². The molecule has 3 aromatic rings. The van der Waals surface area contributed by atoms with Crippen LogP contribution in [0, 0.1) is 0 Å². The highest BCUT2D eigenvalue weighted by atomic mass is 16.5. The van der Waals surface area contributed by atoms with Gasteiger partial charge in [0.1, 0.15) is 5.75 Å². The third-order valence-electron chi connectivity index (χ3n) is 3.69. The molecule has 0 aliphatic rings. The maximum Gasteiger partial charge on any atom is 0.153 e. The fraction of sp³-hybridized carbons (Fsp3) is 0.100. The van der Waals surface area contributed by atoms with Gasteiger partial charge in [0.2, 0.25) is 0 Å². The molecule has 0 aliphatic heterocycles. The van der Waals surface area contributed by atoms with E-state index in [9.17, 15) is 0 Å². The highest BCUT2D eigenvalue weighted by molar-refractivity contribution is 5.84. The van der Waals surface area contributed by atoms with Crippen molar-refractivity contribution < 1.29 is 4.74 Å². The van der Waals surface area contributed by atoms with Crippen LogP contribution >= 0.6 is 0 Å². The van der Waals surface area contributed by atoms with Crippen molar-refractivity contribution in [1.29, 1.82) is 0 Å². The summed E-state index contributed by atoms with van der Waals surface area (Å²) in [7, 11) is 1.90. The number of nitrogens with one attached hydrogen (secondary N) is 1. The van der Waals surface area contributed by atoms with Gasteiger partial charge in [-0.05, 0) is 29.8 Å². The summed E-state index contributed by atoms with van der Waals surface area (Å²) < 4.78 is 6.18. The highest BCUT2D eigenvalue weighted by Gasteiger charge is 2.08. The fourth-order valence-electron chi connectivity index (χ4n) is 2.40. The van der Waals surface area contributed by atoms with E-state index in [2.05, 4.69) is 41.7 Å². The lowest BCUT2D eigenvalue weighted by Crippen LogP contribution is -2.09. The molecule has 0 amide bonds. The molecule has 0 saturated heterocycles. The van der Waals surface area contributed by atoms with Crippen LogP contribution in [0.15, 0.2) is 78.5 Å². The lowest BCUT2D eigenvalue weighted by molar-refractivity contribution is 0.507. The van der Waals surface area contributed by atoms with Crippen LogP contribution in [0.2, 0.25) is 0 Å². The van der Waals surface area contributed by atoms with Crippen molar-refractivity contribution in [3.05, 3.63) is 84.1 Å². The number of hydrogen-bond donors (Lipinski definition) is 1. The van der Waals surface area contributed by atoms with E-state index in [1.807, 2.05) is 50.4 Å². The third-order valence-corrected chi connectivity index (χ3v) is 3.69. The molecule has 0 heterocycles. The fourth-order valence-corrected chi connectivity index (χ4v) is 2.40. The van der Waals surface area contributed by atoms with Gasteiger partial charge in [0.25, 0.3) is 0 Å². The van der Waals surface area contributed by atoms with Crippen molar-refractivity contribution in [3.63, 3.8) is 0 Å². The maximum absolute atomic E-state index is 6.18. The molecular formula is C20H19NO. The van der Waals surface area contributed by atoms with Crippen LogP contribution in [-0.2, 0) is 0 Å². The quantitative estimate of drug-likeness (QED) is 0.695. The molecule has 0 fully saturated rings. The van der Waals surface area contributed by atoms with Crippen molar-refractivity contribution in [2.24, 2.45) is 0 Å². The van der Waals surface area contributed by atoms with Crippen molar-refractivity contribution in [2.75, 3.05) is 7.05 Å². The Morgan fingerprint density at radius 1 is 0.818 bits per heavy atom. The third kappa shape index (κ3) is 2.96. The molecule has 0 bridgehead atoms. The van der Waals surface area contributed by atoms with Crippen LogP contribution in [0.3, 0.4) is 0 Å². The van der Waals surface area contributed by atoms with Crippen LogP contribution < -0.4 is 10.1 Å². The minimum absolute atomic E-state index is 0.840. The van der Waals surface area contributed by atoms with Crippen LogP contribution in [-0.4, -0.2) is 7.05 Å². The first-order chi connectivity index (χ1) is 10.8. The van der Waals surface area contributed by atoms with Gasteiger partial charge < -0.3 is 10.1 Å². The van der Waals surface area contributed by atoms with E-state index in [0.29, 0.717) is 0 Å². The predicted molar refractivity (Wildman–Crippen MR) is 92.7 cm³/mol. The second kappa shape index (κ2) is 6.35. The van der Waals surface area contributed by atoms with Gasteiger partial charge in [-0.15, -0.1) is 0 Å². The summed E-state index contributed by atoms with van der Waals surface area (Å²) in [6.07, 6.45) is 0. The van der Waals surface area contributed by atoms with E-state index in [-0.39, 0.29) is 0 Å². The molecular weight excluding hydrogens is 270 g/mol. The number of hydrogen-bond acceptors (Lipinski definition) is 2. The Morgan fingerprint density at radius 3 is 2.23 bits per heavy atom. The van der Waals surface area contributed by atoms with E-state index in [1.54, 1.807) is 0 Å². The molecule has 3 rings (SSSR count). The summed E-state index contributed by atoms with van der Waals surface area (Å²) in [6.45, 7) is 2.02. The second-order valence-electron chi connectivity index (χ2n) is 5.18. The summed E-state index contributed by atoms with van der Waals surface area (Å²) in [5.74, 6) is 1.69. The second-order valence-corrected chi connectivity index (χ2v) is 5.18. The Morgan fingerprint density at radius 2 is 1.50 bits per heavy atom. The SMILES string of the molecule is CNC(C)=C(Oc1ccc2ccccc2c1)c1ccccc1. The largest absolute Gasteiger partial charge is 0.455 e. The Labute approximate surface area is 131 Å². The van der Waals surface area contributed by atoms with Gasteiger partial charge >= 0.3 is 0 Å². The average Bonchev–Trinajstić information content (AvgIpc) is 2.59. The molecule has 1 N–H and O–H groups in total. The first-order valence-corrected chi connectivity index (χ1v) is 7.38. The minimum Gasteiger partial charge on any atom is -0.455 e. The van der Waals surface area contributed by atoms with Gasteiger partial charge in [-0.1, -0.05) is 60.7 Å². The summed E-state index contributed by atoms with van der Waals surface area (Å²) in [5, 5.41) is 5.56. The normalized spacial score (nSPS) is 11.9. The van der Waals surface area contributed by atoms with Crippen molar-refractivity contribution in [3.8, 4) is 5.75 Å². The topological polar surface area (TPSA) is 21.3 Å². The van der Waals surface area contributed by atoms with E-state index in [1.165, 1.54) is 10.8 Å². The van der Waals surface area contributed by atoms with Gasteiger partial charge in [0.05, 0.1) is 5.70 Å². The van der Waals surface area contributed by atoms with E-state index >= 15 is 0 Å². The van der Waals surface area contributed by atoms with Crippen molar-refractivity contribution in [1.82, 2.24) is 5.32 Å². The first kappa shape index (κ1) is 14.2. The van der Waals surface area contributed by atoms with E-state index < -0.39 is 0 Å². The standard InChI is InChI=1S/C20H19NO/c1-15(21-2)20(17-9-4-3-5-10-17)22-19-13-12-16-8-6-7-11-18(16)14-19/h3-14,21H,1-2H3. The monoisotopic (exact) mass is 289 g/mol. The number of benzene rings is 3. The molecule has 0 aromatic heterocycles. The highest BCUT2D eigenvalue weighted by Crippen LogP contribution is 2.26. The molecule has 3 aromatic carbocycles. The molecule has 0 unspecified atom stereocenters. The zero-order chi connectivity index (χ0) is 15.4. The Kier molecular flexibility index (Phi) is 4.10. The van der Waals surface area contributed by atoms with Gasteiger partial charge in [-0.25, -0.2) is 0 Å². The minimum atomic E-state index is 0.840. The summed E-state index contributed by atoms with van der Waals surface area (Å²) in [4.78, 5) is 0. The number of ether oxygens (including phenoxy) is 1. The van der Waals surface area contributed by atoms with Gasteiger partial charge in [0.15, 0.2) is 5.76 Å². The summed E-state index contributed by atoms with van der Waals surface area (Å²) in [6, 6.07) is 24.6. The van der Waals surface area contributed by atoms with E-state index in [4.69, 9.17) is 4.74 Å². The molecule has 0 atom stereocenters. The average molecular weight is 289 g/mol. The molecule has 0 aliphatic carbocycles. The number of allylic oxidation sites excluding steroid dienone is 1. The van der Waals surface area contributed by atoms with Gasteiger partial charge in [-0.3, -0.25) is 0 Å². The number of fused-ring (bicyclic) bond motifs is 1. The Balaban J connectivity index is 1.99. The summed E-state index contributed by atoms with van der Waals surface area (Å²) >= 11 is 0. The first-order valence-electron chi connectivity index (χ1n) is 7.38. The van der Waals surface area contributed by atoms with Crippen molar-refractivity contribution in [2.45, 2.75) is 6.92 Å². The van der Waals surface area contributed by atoms with E-state index in [0.717, 1.165) is 22.8 Å². The number of rotatable bonds is 4. The van der Waals surface area contributed by atoms with Crippen LogP contribution in [0.5, 0.6) is 5.75 Å². The molecule has 22 heavy (non-hydrogen) atoms. The molecule has 110 valence electrons. The zero-order valence-electron chi connectivity index (χ0n) is 12.8. The molecule has 0 radical (unpaired) electrons. The molecule has 0 spiro atoms. The Hall–Kier alpha value is -2.74. The predicted octanol–water partition coefficient (Wildman–Crippen LogP) is 4.83. The zero-order valence-corrected chi connectivity index (χ0v) is 12.8. The molecule has 0 saturated carbocycles. The lowest BCUT2D eigenvalue weighted by Gasteiger charge is -2.14. The molecule has 2 nitrogen and oxygen atoms in total. The smallest absolute Gasteiger partial charge is 0.153 e. The summed E-state index contributed by atoms with van der Waals surface area (Å²) in [5.41, 5.74) is 2.06. The maximum atomic E-state index is 6.18. The van der Waals surface area contributed by atoms with Crippen LogP contribution in [0.4, 0.5) is 0 Å². The van der Waals surface area contributed by atoms with Crippen LogP contribution in [0.25, 0.3) is 16.5 Å². The lowest BCUT2D eigenvalue weighted by atomic mass is 10.1. The molecule has 2 heteroatoms. The Bertz CT molecular complexity index is 806.